The Kier molecular flexibility index (Phi) is 4.59. The molecule has 0 bridgehead atoms. The number of aliphatic carboxylic acids is 1. The van der Waals surface area contributed by atoms with E-state index < -0.39 is 12.0 Å². The number of hydrogen-bond donors (Lipinski definition) is 3. The van der Waals surface area contributed by atoms with Crippen molar-refractivity contribution in [3.63, 3.8) is 0 Å². The number of nitrogens with zero attached hydrogens (tertiary/aromatic N) is 2. The molecule has 0 aromatic heterocycles. The Labute approximate surface area is 92.5 Å². The number of carboxylic acids is 1. The van der Waals surface area contributed by atoms with Crippen molar-refractivity contribution in [3.05, 3.63) is 0 Å². The fourth-order valence-corrected chi connectivity index (χ4v) is 1.24. The minimum Gasteiger partial charge on any atom is -0.480 e. The van der Waals surface area contributed by atoms with E-state index in [1.807, 2.05) is 0 Å². The summed E-state index contributed by atoms with van der Waals surface area (Å²) in [4.78, 5) is 29.9. The van der Waals surface area contributed by atoms with Gasteiger partial charge in [-0.25, -0.2) is 4.79 Å². The number of nitrogens with one attached hydrogen (secondary N) is 1. The molecular formula is C9H14N4O3. The highest BCUT2D eigenvalue weighted by molar-refractivity contribution is 6.32. The van der Waals surface area contributed by atoms with Crippen molar-refractivity contribution < 1.29 is 14.7 Å². The van der Waals surface area contributed by atoms with E-state index in [-0.39, 0.29) is 25.3 Å². The van der Waals surface area contributed by atoms with Gasteiger partial charge in [-0.1, -0.05) is 0 Å². The van der Waals surface area contributed by atoms with E-state index in [9.17, 15) is 9.59 Å². The highest BCUT2D eigenvalue weighted by atomic mass is 16.4. The maximum Gasteiger partial charge on any atom is 0.326 e. The lowest BCUT2D eigenvalue weighted by atomic mass is 10.1. The lowest BCUT2D eigenvalue weighted by Gasteiger charge is -2.13. The molecule has 0 saturated carbocycles. The van der Waals surface area contributed by atoms with Crippen LogP contribution in [0, 0.1) is 0 Å². The molecule has 7 nitrogen and oxygen atoms in total. The molecular weight excluding hydrogens is 212 g/mol. The van der Waals surface area contributed by atoms with Gasteiger partial charge in [0.2, 0.25) is 5.91 Å². The second-order valence-electron chi connectivity index (χ2n) is 3.30. The molecule has 0 spiro atoms. The number of hydrogen-bond acceptors (Lipinski definition) is 5. The third-order valence-corrected chi connectivity index (χ3v) is 2.01. The number of carbonyl (C=O) groups is 2. The lowest BCUT2D eigenvalue weighted by Crippen LogP contribution is -2.42. The van der Waals surface area contributed by atoms with Crippen molar-refractivity contribution in [1.82, 2.24) is 5.32 Å². The summed E-state index contributed by atoms with van der Waals surface area (Å²) in [5.74, 6) is -1.46. The molecule has 0 fully saturated rings. The molecule has 0 radical (unpaired) electrons. The third-order valence-electron chi connectivity index (χ3n) is 2.01. The third kappa shape index (κ3) is 3.77. The van der Waals surface area contributed by atoms with E-state index in [0.717, 1.165) is 0 Å². The van der Waals surface area contributed by atoms with E-state index in [4.69, 9.17) is 10.8 Å². The average Bonchev–Trinajstić information content (AvgIpc) is 2.69. The van der Waals surface area contributed by atoms with E-state index in [0.29, 0.717) is 12.4 Å². The Hall–Kier alpha value is -1.76. The smallest absolute Gasteiger partial charge is 0.326 e. The molecule has 7 heteroatoms. The molecule has 88 valence electrons. The van der Waals surface area contributed by atoms with Crippen LogP contribution in [-0.4, -0.2) is 48.2 Å². The zero-order valence-corrected chi connectivity index (χ0v) is 8.72. The highest BCUT2D eigenvalue weighted by Gasteiger charge is 2.21. The molecule has 1 heterocycles. The van der Waals surface area contributed by atoms with Crippen molar-refractivity contribution in [2.75, 3.05) is 13.2 Å². The number of rotatable bonds is 6. The Bertz CT molecular complexity index is 338. The van der Waals surface area contributed by atoms with Gasteiger partial charge in [0.1, 0.15) is 12.7 Å². The van der Waals surface area contributed by atoms with Gasteiger partial charge in [0, 0.05) is 25.6 Å². The van der Waals surface area contributed by atoms with Crippen LogP contribution in [0.3, 0.4) is 0 Å². The molecule has 1 amide bonds. The summed E-state index contributed by atoms with van der Waals surface area (Å²) < 4.78 is 0. The fourth-order valence-electron chi connectivity index (χ4n) is 1.24. The van der Waals surface area contributed by atoms with Gasteiger partial charge in [0.15, 0.2) is 0 Å². The van der Waals surface area contributed by atoms with Crippen molar-refractivity contribution in [1.29, 1.82) is 0 Å². The quantitative estimate of drug-likeness (QED) is 0.526. The Balaban J connectivity index is 2.50. The molecule has 1 rings (SSSR count). The molecule has 1 atom stereocenters. The fraction of sp³-hybridized carbons (Fsp3) is 0.556. The van der Waals surface area contributed by atoms with Gasteiger partial charge in [-0.2, -0.15) is 0 Å². The van der Waals surface area contributed by atoms with E-state index in [1.54, 1.807) is 0 Å². The summed E-state index contributed by atoms with van der Waals surface area (Å²) >= 11 is 0. The molecule has 16 heavy (non-hydrogen) atoms. The number of amides is 1. The van der Waals surface area contributed by atoms with Gasteiger partial charge in [0.25, 0.3) is 0 Å². The minimum atomic E-state index is -1.09. The second kappa shape index (κ2) is 5.96. The summed E-state index contributed by atoms with van der Waals surface area (Å²) in [5, 5.41) is 11.3. The van der Waals surface area contributed by atoms with Crippen LogP contribution in [0.1, 0.15) is 12.8 Å². The van der Waals surface area contributed by atoms with Crippen LogP contribution in [0.4, 0.5) is 0 Å². The average molecular weight is 226 g/mol. The van der Waals surface area contributed by atoms with Crippen LogP contribution in [0.15, 0.2) is 9.98 Å². The van der Waals surface area contributed by atoms with Crippen LogP contribution in [0.5, 0.6) is 0 Å². The summed E-state index contributed by atoms with van der Waals surface area (Å²) in [6, 6.07) is -0.970. The van der Waals surface area contributed by atoms with Crippen LogP contribution in [0.2, 0.25) is 0 Å². The minimum absolute atomic E-state index is 0.115. The predicted octanol–water partition coefficient (Wildman–Crippen LogP) is -1.22. The SMILES string of the molecule is NCCC(=O)NC(CC1=NCN=C1)C(=O)O. The number of nitrogens with two attached hydrogens (primary N) is 1. The van der Waals surface area contributed by atoms with Crippen molar-refractivity contribution >= 4 is 23.8 Å². The van der Waals surface area contributed by atoms with Gasteiger partial charge in [-0.3, -0.25) is 14.8 Å². The molecule has 1 aliphatic heterocycles. The van der Waals surface area contributed by atoms with Crippen LogP contribution >= 0.6 is 0 Å². The van der Waals surface area contributed by atoms with E-state index in [1.165, 1.54) is 6.21 Å². The van der Waals surface area contributed by atoms with Crippen molar-refractivity contribution in [3.8, 4) is 0 Å². The largest absolute Gasteiger partial charge is 0.480 e. The topological polar surface area (TPSA) is 117 Å². The molecule has 1 aliphatic rings. The molecule has 4 N–H and O–H groups in total. The van der Waals surface area contributed by atoms with E-state index in [2.05, 4.69) is 15.3 Å². The summed E-state index contributed by atoms with van der Waals surface area (Å²) in [6.45, 7) is 0.527. The Morgan fingerprint density at radius 3 is 2.88 bits per heavy atom. The van der Waals surface area contributed by atoms with Crippen molar-refractivity contribution in [2.24, 2.45) is 15.7 Å². The molecule has 0 aliphatic carbocycles. The maximum atomic E-state index is 11.2. The standard InChI is InChI=1S/C9H14N4O3/c10-2-1-8(14)13-7(9(15)16)3-6-4-11-5-12-6/h4,7H,1-3,5,10H2,(H,13,14)(H,15,16). The normalized spacial score (nSPS) is 15.7. The Morgan fingerprint density at radius 2 is 2.38 bits per heavy atom. The predicted molar refractivity (Wildman–Crippen MR) is 58.6 cm³/mol. The maximum absolute atomic E-state index is 11.2. The van der Waals surface area contributed by atoms with Gasteiger partial charge < -0.3 is 16.2 Å². The van der Waals surface area contributed by atoms with Gasteiger partial charge in [-0.15, -0.1) is 0 Å². The molecule has 0 aromatic rings. The van der Waals surface area contributed by atoms with Crippen molar-refractivity contribution in [2.45, 2.75) is 18.9 Å². The van der Waals surface area contributed by atoms with E-state index >= 15 is 0 Å². The lowest BCUT2D eigenvalue weighted by molar-refractivity contribution is -0.141. The van der Waals surface area contributed by atoms with Gasteiger partial charge in [0.05, 0.1) is 5.71 Å². The summed E-state index contributed by atoms with van der Waals surface area (Å²) in [5.41, 5.74) is 5.78. The zero-order chi connectivity index (χ0) is 12.0. The molecule has 0 aromatic carbocycles. The molecule has 0 saturated heterocycles. The summed E-state index contributed by atoms with van der Waals surface area (Å²) in [7, 11) is 0. The first-order valence-electron chi connectivity index (χ1n) is 4.89. The first-order valence-corrected chi connectivity index (χ1v) is 4.89. The first-order chi connectivity index (χ1) is 7.63. The first kappa shape index (κ1) is 12.3. The van der Waals surface area contributed by atoms with Crippen LogP contribution in [-0.2, 0) is 9.59 Å². The highest BCUT2D eigenvalue weighted by Crippen LogP contribution is 2.00. The zero-order valence-electron chi connectivity index (χ0n) is 8.72. The Morgan fingerprint density at radius 1 is 1.62 bits per heavy atom. The number of carbonyl (C=O) groups excluding carboxylic acids is 1. The second-order valence-corrected chi connectivity index (χ2v) is 3.30. The van der Waals surface area contributed by atoms with Crippen LogP contribution in [0.25, 0.3) is 0 Å². The van der Waals surface area contributed by atoms with Gasteiger partial charge in [-0.05, 0) is 0 Å². The number of carboxylic acid groups (broad SMARTS) is 1. The monoisotopic (exact) mass is 226 g/mol. The number of aliphatic imine (C=N–C) groups is 2. The van der Waals surface area contributed by atoms with Crippen LogP contribution < -0.4 is 11.1 Å². The van der Waals surface area contributed by atoms with Gasteiger partial charge >= 0.3 is 5.97 Å². The summed E-state index contributed by atoms with van der Waals surface area (Å²) in [6.07, 6.45) is 1.78. The molecule has 1 unspecified atom stereocenters.